The Labute approximate surface area is 157 Å². The third kappa shape index (κ3) is 4.08. The van der Waals surface area contributed by atoms with Crippen LogP contribution in [0, 0.1) is 6.92 Å². The van der Waals surface area contributed by atoms with Gasteiger partial charge in [0.05, 0.1) is 13.2 Å². The molecule has 2 aliphatic heterocycles. The van der Waals surface area contributed by atoms with Crippen molar-refractivity contribution in [2.45, 2.75) is 38.6 Å². The van der Waals surface area contributed by atoms with Gasteiger partial charge >= 0.3 is 0 Å². The van der Waals surface area contributed by atoms with Crippen LogP contribution in [0.25, 0.3) is 0 Å². The lowest BCUT2D eigenvalue weighted by molar-refractivity contribution is -0.140. The highest BCUT2D eigenvalue weighted by atomic mass is 16.5. The number of rotatable bonds is 4. The van der Waals surface area contributed by atoms with Gasteiger partial charge in [-0.3, -0.25) is 4.79 Å². The van der Waals surface area contributed by atoms with Crippen LogP contribution < -0.4 is 4.90 Å². The number of piperidine rings is 1. The molecular formula is C18H24N6O3. The second-order valence-electron chi connectivity index (χ2n) is 6.91. The minimum absolute atomic E-state index is 0.0726. The van der Waals surface area contributed by atoms with Gasteiger partial charge in [-0.2, -0.15) is 4.98 Å². The fourth-order valence-electron chi connectivity index (χ4n) is 3.58. The monoisotopic (exact) mass is 372 g/mol. The van der Waals surface area contributed by atoms with Gasteiger partial charge in [-0.05, 0) is 32.3 Å². The molecule has 27 heavy (non-hydrogen) atoms. The number of aryl methyl sites for hydroxylation is 1. The molecule has 0 N–H and O–H groups in total. The maximum atomic E-state index is 12.8. The molecular weight excluding hydrogens is 348 g/mol. The Morgan fingerprint density at radius 1 is 1.22 bits per heavy atom. The molecule has 2 fully saturated rings. The molecule has 144 valence electrons. The molecule has 0 radical (unpaired) electrons. The number of morpholine rings is 1. The van der Waals surface area contributed by atoms with E-state index in [2.05, 4.69) is 20.0 Å². The fraction of sp³-hybridized carbons (Fsp3) is 0.611. The summed E-state index contributed by atoms with van der Waals surface area (Å²) in [5, 5.41) is 3.74. The first-order chi connectivity index (χ1) is 13.2. The van der Waals surface area contributed by atoms with Gasteiger partial charge in [0, 0.05) is 25.8 Å². The molecule has 0 saturated carbocycles. The second-order valence-corrected chi connectivity index (χ2v) is 6.91. The largest absolute Gasteiger partial charge is 0.377 e. The summed E-state index contributed by atoms with van der Waals surface area (Å²) in [5.74, 6) is 2.30. The third-order valence-electron chi connectivity index (χ3n) is 4.96. The molecule has 4 heterocycles. The molecule has 4 rings (SSSR count). The van der Waals surface area contributed by atoms with Crippen molar-refractivity contribution < 1.29 is 14.1 Å². The molecule has 2 aromatic rings. The van der Waals surface area contributed by atoms with Crippen LogP contribution in [0.5, 0.6) is 0 Å². The summed E-state index contributed by atoms with van der Waals surface area (Å²) in [6, 6.07) is 1.63. The average Bonchev–Trinajstić information content (AvgIpc) is 3.13. The molecule has 9 heteroatoms. The predicted octanol–water partition coefficient (Wildman–Crippen LogP) is 1.30. The summed E-state index contributed by atoms with van der Waals surface area (Å²) in [6.45, 7) is 5.13. The number of carbonyl (C=O) groups excluding carboxylic acids is 1. The maximum absolute atomic E-state index is 12.8. The van der Waals surface area contributed by atoms with Crippen LogP contribution in [0.2, 0.25) is 0 Å². The van der Waals surface area contributed by atoms with Crippen LogP contribution in [0.15, 0.2) is 16.8 Å². The summed E-state index contributed by atoms with van der Waals surface area (Å²) in [6.07, 6.45) is 5.47. The lowest BCUT2D eigenvalue weighted by Gasteiger charge is -2.35. The van der Waals surface area contributed by atoms with Gasteiger partial charge in [-0.15, -0.1) is 0 Å². The van der Waals surface area contributed by atoms with Gasteiger partial charge in [0.1, 0.15) is 18.3 Å². The van der Waals surface area contributed by atoms with Gasteiger partial charge in [0.2, 0.25) is 11.8 Å². The Balaban J connectivity index is 1.52. The minimum atomic E-state index is -0.306. The van der Waals surface area contributed by atoms with E-state index in [1.54, 1.807) is 18.0 Å². The number of hydrogen-bond acceptors (Lipinski definition) is 8. The Hall–Kier alpha value is -2.55. The van der Waals surface area contributed by atoms with Gasteiger partial charge < -0.3 is 19.1 Å². The predicted molar refractivity (Wildman–Crippen MR) is 96.1 cm³/mol. The summed E-state index contributed by atoms with van der Waals surface area (Å²) in [7, 11) is 0. The maximum Gasteiger partial charge on any atom is 0.236 e. The van der Waals surface area contributed by atoms with E-state index >= 15 is 0 Å². The molecule has 0 bridgehead atoms. The van der Waals surface area contributed by atoms with Crippen LogP contribution in [-0.4, -0.2) is 63.8 Å². The molecule has 1 atom stereocenters. The third-order valence-corrected chi connectivity index (χ3v) is 4.96. The SMILES string of the molecule is Cc1noc(CC(=O)N2CCOC[C@@H]2c2nccc(N3CCCCC3)n2)n1. The van der Waals surface area contributed by atoms with Crippen molar-refractivity contribution in [3.63, 3.8) is 0 Å². The molecule has 2 saturated heterocycles. The van der Waals surface area contributed by atoms with Crippen LogP contribution in [-0.2, 0) is 16.0 Å². The first-order valence-corrected chi connectivity index (χ1v) is 9.45. The van der Waals surface area contributed by atoms with Gasteiger partial charge in [0.15, 0.2) is 11.6 Å². The van der Waals surface area contributed by atoms with Crippen LogP contribution in [0.3, 0.4) is 0 Å². The van der Waals surface area contributed by atoms with E-state index in [1.807, 2.05) is 6.07 Å². The van der Waals surface area contributed by atoms with E-state index in [1.165, 1.54) is 19.3 Å². The van der Waals surface area contributed by atoms with Crippen molar-refractivity contribution >= 4 is 11.7 Å². The highest BCUT2D eigenvalue weighted by Crippen LogP contribution is 2.25. The lowest BCUT2D eigenvalue weighted by Crippen LogP contribution is -2.45. The van der Waals surface area contributed by atoms with Crippen LogP contribution in [0.1, 0.15) is 42.8 Å². The van der Waals surface area contributed by atoms with E-state index < -0.39 is 0 Å². The van der Waals surface area contributed by atoms with Crippen molar-refractivity contribution in [3.8, 4) is 0 Å². The number of carbonyl (C=O) groups is 1. The first kappa shape index (κ1) is 17.8. The number of aromatic nitrogens is 4. The highest BCUT2D eigenvalue weighted by molar-refractivity contribution is 5.78. The van der Waals surface area contributed by atoms with E-state index in [-0.39, 0.29) is 18.4 Å². The van der Waals surface area contributed by atoms with Gasteiger partial charge in [-0.1, -0.05) is 5.16 Å². The number of amides is 1. The van der Waals surface area contributed by atoms with E-state index in [9.17, 15) is 4.79 Å². The van der Waals surface area contributed by atoms with Crippen molar-refractivity contribution in [2.24, 2.45) is 0 Å². The molecule has 9 nitrogen and oxygen atoms in total. The number of anilines is 1. The fourth-order valence-corrected chi connectivity index (χ4v) is 3.58. The highest BCUT2D eigenvalue weighted by Gasteiger charge is 2.32. The number of nitrogens with zero attached hydrogens (tertiary/aromatic N) is 6. The number of hydrogen-bond donors (Lipinski definition) is 0. The Bertz CT molecular complexity index is 789. The van der Waals surface area contributed by atoms with E-state index in [0.717, 1.165) is 18.9 Å². The summed E-state index contributed by atoms with van der Waals surface area (Å²) < 4.78 is 10.7. The lowest BCUT2D eigenvalue weighted by atomic mass is 10.1. The van der Waals surface area contributed by atoms with E-state index in [4.69, 9.17) is 14.2 Å². The summed E-state index contributed by atoms with van der Waals surface area (Å²) in [5.41, 5.74) is 0. The average molecular weight is 372 g/mol. The standard InChI is InChI=1S/C18H24N6O3/c1-13-20-16(27-22-13)11-17(25)24-9-10-26-12-14(24)18-19-6-5-15(21-18)23-7-3-2-4-8-23/h5-6,14H,2-4,7-12H2,1H3/t14-/m1/s1. The summed E-state index contributed by atoms with van der Waals surface area (Å²) >= 11 is 0. The molecule has 0 aromatic carbocycles. The number of ether oxygens (including phenoxy) is 1. The van der Waals surface area contributed by atoms with Gasteiger partial charge in [0.25, 0.3) is 0 Å². The zero-order valence-electron chi connectivity index (χ0n) is 15.5. The molecule has 1 amide bonds. The summed E-state index contributed by atoms with van der Waals surface area (Å²) in [4.78, 5) is 30.2. The van der Waals surface area contributed by atoms with E-state index in [0.29, 0.717) is 37.3 Å². The first-order valence-electron chi connectivity index (χ1n) is 9.45. The Kier molecular flexibility index (Phi) is 5.28. The molecule has 0 unspecified atom stereocenters. The van der Waals surface area contributed by atoms with Crippen molar-refractivity contribution in [1.29, 1.82) is 0 Å². The molecule has 2 aromatic heterocycles. The zero-order chi connectivity index (χ0) is 18.6. The zero-order valence-corrected chi connectivity index (χ0v) is 15.5. The quantitative estimate of drug-likeness (QED) is 0.792. The topological polar surface area (TPSA) is 97.5 Å². The normalized spacial score (nSPS) is 20.7. The molecule has 0 aliphatic carbocycles. The van der Waals surface area contributed by atoms with Crippen molar-refractivity contribution in [1.82, 2.24) is 25.0 Å². The molecule has 0 spiro atoms. The second kappa shape index (κ2) is 7.99. The Morgan fingerprint density at radius 2 is 2.07 bits per heavy atom. The van der Waals surface area contributed by atoms with Crippen LogP contribution >= 0.6 is 0 Å². The van der Waals surface area contributed by atoms with Crippen molar-refractivity contribution in [3.05, 3.63) is 29.8 Å². The Morgan fingerprint density at radius 3 is 2.85 bits per heavy atom. The van der Waals surface area contributed by atoms with Crippen molar-refractivity contribution in [2.75, 3.05) is 37.7 Å². The molecule has 2 aliphatic rings. The van der Waals surface area contributed by atoms with Crippen LogP contribution in [0.4, 0.5) is 5.82 Å². The smallest absolute Gasteiger partial charge is 0.236 e. The van der Waals surface area contributed by atoms with Gasteiger partial charge in [-0.25, -0.2) is 9.97 Å². The minimum Gasteiger partial charge on any atom is -0.377 e.